The molecule has 1 heterocycles. The lowest BCUT2D eigenvalue weighted by atomic mass is 9.86. The minimum atomic E-state index is -1.03. The van der Waals surface area contributed by atoms with Crippen molar-refractivity contribution in [2.75, 3.05) is 13.7 Å². The van der Waals surface area contributed by atoms with Gasteiger partial charge >= 0.3 is 5.97 Å². The van der Waals surface area contributed by atoms with Crippen LogP contribution in [0.2, 0.25) is 0 Å². The van der Waals surface area contributed by atoms with Gasteiger partial charge in [0.2, 0.25) is 0 Å². The maximum absolute atomic E-state index is 10.8. The van der Waals surface area contributed by atoms with Crippen LogP contribution in [0, 0.1) is 13.8 Å². The molecule has 0 spiro atoms. The number of aliphatic carboxylic acids is 1. The van der Waals surface area contributed by atoms with Crippen molar-refractivity contribution in [1.29, 1.82) is 0 Å². The Labute approximate surface area is 171 Å². The summed E-state index contributed by atoms with van der Waals surface area (Å²) in [5.74, 6) is 0.541. The average Bonchev–Trinajstić information content (AvgIpc) is 2.71. The van der Waals surface area contributed by atoms with E-state index in [2.05, 4.69) is 0 Å². The third-order valence-corrected chi connectivity index (χ3v) is 5.71. The zero-order valence-electron chi connectivity index (χ0n) is 17.3. The number of rotatable bonds is 7. The van der Waals surface area contributed by atoms with E-state index in [0.717, 1.165) is 40.9 Å². The molecule has 0 saturated heterocycles. The number of carboxylic acid groups (broad SMARTS) is 1. The number of nitrogens with zero attached hydrogens (tertiary/aromatic N) is 1. The Balaban J connectivity index is 1.90. The number of aromatic hydroxyl groups is 1. The third-order valence-electron chi connectivity index (χ3n) is 5.71. The van der Waals surface area contributed by atoms with Crippen LogP contribution in [0.4, 0.5) is 0 Å². The summed E-state index contributed by atoms with van der Waals surface area (Å²) in [6, 6.07) is 5.42. The molecule has 1 saturated carbocycles. The summed E-state index contributed by atoms with van der Waals surface area (Å²) in [7, 11) is 1.55. The van der Waals surface area contributed by atoms with Gasteiger partial charge in [-0.15, -0.1) is 0 Å². The Morgan fingerprint density at radius 2 is 1.93 bits per heavy atom. The molecule has 6 nitrogen and oxygen atoms in total. The predicted molar refractivity (Wildman–Crippen MR) is 110 cm³/mol. The highest BCUT2D eigenvalue weighted by molar-refractivity contribution is 5.69. The number of aromatic nitrogens is 1. The summed E-state index contributed by atoms with van der Waals surface area (Å²) in [4.78, 5) is 15.7. The zero-order valence-corrected chi connectivity index (χ0v) is 17.3. The van der Waals surface area contributed by atoms with Crippen molar-refractivity contribution in [2.45, 2.75) is 58.3 Å². The normalized spacial score (nSPS) is 14.6. The number of ether oxygens (including phenoxy) is 2. The van der Waals surface area contributed by atoms with Gasteiger partial charge in [-0.25, -0.2) is 4.79 Å². The van der Waals surface area contributed by atoms with Crippen LogP contribution in [0.3, 0.4) is 0 Å². The summed E-state index contributed by atoms with van der Waals surface area (Å²) in [6.45, 7) is 3.49. The third kappa shape index (κ3) is 4.81. The van der Waals surface area contributed by atoms with Gasteiger partial charge in [0.1, 0.15) is 5.75 Å². The molecule has 6 heteroatoms. The lowest BCUT2D eigenvalue weighted by Crippen LogP contribution is -2.11. The first-order valence-electron chi connectivity index (χ1n) is 10.1. The quantitative estimate of drug-likeness (QED) is 0.712. The smallest absolute Gasteiger partial charge is 0.341 e. The van der Waals surface area contributed by atoms with Gasteiger partial charge in [0.25, 0.3) is 0 Å². The van der Waals surface area contributed by atoms with Gasteiger partial charge in [-0.1, -0.05) is 19.3 Å². The molecule has 0 unspecified atom stereocenters. The van der Waals surface area contributed by atoms with E-state index >= 15 is 0 Å². The molecule has 1 aromatic carbocycles. The second-order valence-electron chi connectivity index (χ2n) is 7.73. The Morgan fingerprint density at radius 3 is 2.59 bits per heavy atom. The lowest BCUT2D eigenvalue weighted by molar-refractivity contribution is -0.139. The Hall–Kier alpha value is -2.76. The van der Waals surface area contributed by atoms with Gasteiger partial charge in [-0.3, -0.25) is 4.98 Å². The highest BCUT2D eigenvalue weighted by Gasteiger charge is 2.21. The maximum Gasteiger partial charge on any atom is 0.341 e. The SMILES string of the molecule is COc1c(OCC(=O)O)cc(C)c(Cc2ccc(O)c(C3CCCCC3)n2)c1C. The van der Waals surface area contributed by atoms with E-state index < -0.39 is 12.6 Å². The van der Waals surface area contributed by atoms with Crippen LogP contribution < -0.4 is 9.47 Å². The molecule has 0 bridgehead atoms. The van der Waals surface area contributed by atoms with Crippen LogP contribution in [0.15, 0.2) is 18.2 Å². The van der Waals surface area contributed by atoms with Crippen molar-refractivity contribution in [1.82, 2.24) is 4.98 Å². The van der Waals surface area contributed by atoms with Gasteiger partial charge in [-0.05, 0) is 61.6 Å². The first-order valence-corrected chi connectivity index (χ1v) is 10.1. The van der Waals surface area contributed by atoms with Crippen molar-refractivity contribution in [3.8, 4) is 17.2 Å². The van der Waals surface area contributed by atoms with Gasteiger partial charge < -0.3 is 19.7 Å². The Bertz CT molecular complexity index is 887. The van der Waals surface area contributed by atoms with Crippen LogP contribution in [-0.4, -0.2) is 34.9 Å². The second kappa shape index (κ2) is 9.16. The van der Waals surface area contributed by atoms with Gasteiger partial charge in [-0.2, -0.15) is 0 Å². The Morgan fingerprint density at radius 1 is 1.21 bits per heavy atom. The minimum absolute atomic E-state index is 0.282. The second-order valence-corrected chi connectivity index (χ2v) is 7.73. The van der Waals surface area contributed by atoms with Crippen molar-refractivity contribution < 1.29 is 24.5 Å². The highest BCUT2D eigenvalue weighted by atomic mass is 16.5. The van der Waals surface area contributed by atoms with Gasteiger partial charge in [0, 0.05) is 18.0 Å². The summed E-state index contributed by atoms with van der Waals surface area (Å²) in [6.07, 6.45) is 6.38. The topological polar surface area (TPSA) is 88.9 Å². The minimum Gasteiger partial charge on any atom is -0.506 e. The highest BCUT2D eigenvalue weighted by Crippen LogP contribution is 2.38. The van der Waals surface area contributed by atoms with Crippen LogP contribution in [-0.2, 0) is 11.2 Å². The van der Waals surface area contributed by atoms with Crippen LogP contribution in [0.5, 0.6) is 17.2 Å². The van der Waals surface area contributed by atoms with Crippen LogP contribution >= 0.6 is 0 Å². The number of methoxy groups -OCH3 is 1. The van der Waals surface area contributed by atoms with E-state index in [1.807, 2.05) is 26.0 Å². The summed E-state index contributed by atoms with van der Waals surface area (Å²) < 4.78 is 10.9. The van der Waals surface area contributed by atoms with E-state index in [4.69, 9.17) is 19.6 Å². The molecule has 0 atom stereocenters. The molecular formula is C23H29NO5. The van der Waals surface area contributed by atoms with Crippen LogP contribution in [0.25, 0.3) is 0 Å². The molecule has 1 aliphatic rings. The molecule has 1 fully saturated rings. The standard InChI is InChI=1S/C23H29NO5/c1-14-11-20(29-13-21(26)27)23(28-3)15(2)18(14)12-17-9-10-19(25)22(24-17)16-7-5-4-6-8-16/h9-11,16,25H,4-8,12-13H2,1-3H3,(H,26,27). The fourth-order valence-corrected chi connectivity index (χ4v) is 4.21. The van der Waals surface area contributed by atoms with Crippen molar-refractivity contribution in [2.24, 2.45) is 0 Å². The first-order chi connectivity index (χ1) is 13.9. The number of benzene rings is 1. The molecular weight excluding hydrogens is 370 g/mol. The summed E-state index contributed by atoms with van der Waals surface area (Å²) in [5.41, 5.74) is 4.67. The molecule has 29 heavy (non-hydrogen) atoms. The summed E-state index contributed by atoms with van der Waals surface area (Å²) in [5, 5.41) is 19.2. The van der Waals surface area contributed by atoms with Crippen molar-refractivity contribution in [3.63, 3.8) is 0 Å². The molecule has 1 aromatic heterocycles. The van der Waals surface area contributed by atoms with Crippen molar-refractivity contribution >= 4 is 5.97 Å². The molecule has 2 aromatic rings. The summed E-state index contributed by atoms with van der Waals surface area (Å²) >= 11 is 0. The monoisotopic (exact) mass is 399 g/mol. The lowest BCUT2D eigenvalue weighted by Gasteiger charge is -2.22. The van der Waals surface area contributed by atoms with Crippen LogP contribution in [0.1, 0.15) is 66.1 Å². The molecule has 0 amide bonds. The van der Waals surface area contributed by atoms with Crippen molar-refractivity contribution in [3.05, 3.63) is 46.3 Å². The maximum atomic E-state index is 10.8. The van der Waals surface area contributed by atoms with Gasteiger partial charge in [0.05, 0.1) is 12.8 Å². The van der Waals surface area contributed by atoms with E-state index in [1.165, 1.54) is 19.3 Å². The van der Waals surface area contributed by atoms with E-state index in [-0.39, 0.29) is 5.75 Å². The predicted octanol–water partition coefficient (Wildman–Crippen LogP) is 4.51. The molecule has 2 N–H and O–H groups in total. The van der Waals surface area contributed by atoms with E-state index in [1.54, 1.807) is 13.2 Å². The average molecular weight is 399 g/mol. The van der Waals surface area contributed by atoms with E-state index in [9.17, 15) is 9.90 Å². The number of aryl methyl sites for hydroxylation is 1. The number of pyridine rings is 1. The number of hydrogen-bond donors (Lipinski definition) is 2. The molecule has 0 radical (unpaired) electrons. The number of carboxylic acids is 1. The number of hydrogen-bond acceptors (Lipinski definition) is 5. The first kappa shape index (κ1) is 21.0. The zero-order chi connectivity index (χ0) is 21.0. The molecule has 0 aliphatic heterocycles. The van der Waals surface area contributed by atoms with Gasteiger partial charge in [0.15, 0.2) is 18.1 Å². The Kier molecular flexibility index (Phi) is 6.62. The fourth-order valence-electron chi connectivity index (χ4n) is 4.21. The molecule has 1 aliphatic carbocycles. The largest absolute Gasteiger partial charge is 0.506 e. The number of carbonyl (C=O) groups is 1. The molecule has 156 valence electrons. The fraction of sp³-hybridized carbons (Fsp3) is 0.478. The molecule has 3 rings (SSSR count). The van der Waals surface area contributed by atoms with E-state index in [0.29, 0.717) is 23.8 Å².